The first-order chi connectivity index (χ1) is 7.84. The Balaban J connectivity index is 3.35. The van der Waals surface area contributed by atoms with Crippen molar-refractivity contribution < 1.29 is 30.0 Å². The van der Waals surface area contributed by atoms with E-state index in [0.29, 0.717) is 0 Å². The van der Waals surface area contributed by atoms with Crippen molar-refractivity contribution in [3.63, 3.8) is 0 Å². The minimum Gasteiger partial charge on any atom is -0.478 e. The lowest BCUT2D eigenvalue weighted by molar-refractivity contribution is 0.0290. The van der Waals surface area contributed by atoms with Crippen LogP contribution in [0.3, 0.4) is 0 Å². The van der Waals surface area contributed by atoms with E-state index in [0.717, 1.165) is 18.2 Å². The van der Waals surface area contributed by atoms with Crippen LogP contribution in [0.2, 0.25) is 0 Å². The van der Waals surface area contributed by atoms with Gasteiger partial charge in [0.2, 0.25) is 0 Å². The zero-order valence-electron chi connectivity index (χ0n) is 8.99. The van der Waals surface area contributed by atoms with Crippen LogP contribution in [0, 0.1) is 0 Å². The topological polar surface area (TPSA) is 115 Å². The van der Waals surface area contributed by atoms with E-state index in [2.05, 4.69) is 0 Å². The van der Waals surface area contributed by atoms with Gasteiger partial charge in [-0.2, -0.15) is 0 Å². The first kappa shape index (κ1) is 13.1. The molecule has 0 heterocycles. The standard InChI is InChI=1S/C11H12O6/c1-5(12)9(13)8-4-6(10(14)15)2-3-7(8)11(16)17/h2-5,9,12-13H,1H3,(H,14,15)(H,16,17). The molecule has 0 saturated carbocycles. The number of aromatic carboxylic acids is 2. The van der Waals surface area contributed by atoms with Crippen LogP contribution in [0.25, 0.3) is 0 Å². The third-order valence-electron chi connectivity index (χ3n) is 2.30. The summed E-state index contributed by atoms with van der Waals surface area (Å²) in [5.41, 5.74) is -0.500. The highest BCUT2D eigenvalue weighted by Crippen LogP contribution is 2.23. The molecule has 0 saturated heterocycles. The number of hydrogen-bond donors (Lipinski definition) is 4. The average molecular weight is 240 g/mol. The number of hydrogen-bond acceptors (Lipinski definition) is 4. The van der Waals surface area contributed by atoms with Crippen LogP contribution < -0.4 is 0 Å². The second kappa shape index (κ2) is 4.94. The fourth-order valence-electron chi connectivity index (χ4n) is 1.40. The van der Waals surface area contributed by atoms with E-state index >= 15 is 0 Å². The smallest absolute Gasteiger partial charge is 0.336 e. The van der Waals surface area contributed by atoms with Gasteiger partial charge in [0.05, 0.1) is 17.2 Å². The largest absolute Gasteiger partial charge is 0.478 e. The number of benzene rings is 1. The molecular weight excluding hydrogens is 228 g/mol. The molecule has 4 N–H and O–H groups in total. The molecule has 0 spiro atoms. The quantitative estimate of drug-likeness (QED) is 0.609. The monoisotopic (exact) mass is 240 g/mol. The van der Waals surface area contributed by atoms with E-state index in [1.807, 2.05) is 0 Å². The maximum atomic E-state index is 10.9. The van der Waals surface area contributed by atoms with Crippen LogP contribution in [0.5, 0.6) is 0 Å². The molecule has 6 nitrogen and oxygen atoms in total. The maximum absolute atomic E-state index is 10.9. The molecule has 6 heteroatoms. The zero-order valence-corrected chi connectivity index (χ0v) is 8.99. The van der Waals surface area contributed by atoms with Gasteiger partial charge in [-0.25, -0.2) is 9.59 Å². The highest BCUT2D eigenvalue weighted by molar-refractivity contribution is 5.93. The Morgan fingerprint density at radius 3 is 2.12 bits per heavy atom. The van der Waals surface area contributed by atoms with Crippen LogP contribution in [-0.4, -0.2) is 38.5 Å². The first-order valence-electron chi connectivity index (χ1n) is 4.81. The lowest BCUT2D eigenvalue weighted by atomic mass is 9.97. The molecule has 0 fully saturated rings. The van der Waals surface area contributed by atoms with Gasteiger partial charge >= 0.3 is 11.9 Å². The molecule has 1 aromatic carbocycles. The van der Waals surface area contributed by atoms with Crippen molar-refractivity contribution in [3.8, 4) is 0 Å². The Kier molecular flexibility index (Phi) is 3.82. The summed E-state index contributed by atoms with van der Waals surface area (Å²) in [6, 6.07) is 3.26. The van der Waals surface area contributed by atoms with Gasteiger partial charge in [0, 0.05) is 0 Å². The summed E-state index contributed by atoms with van der Waals surface area (Å²) in [5, 5.41) is 36.5. The second-order valence-corrected chi connectivity index (χ2v) is 3.60. The van der Waals surface area contributed by atoms with E-state index in [1.165, 1.54) is 6.92 Å². The summed E-state index contributed by atoms with van der Waals surface area (Å²) in [7, 11) is 0. The average Bonchev–Trinajstić information content (AvgIpc) is 2.26. The molecule has 0 aliphatic rings. The third-order valence-corrected chi connectivity index (χ3v) is 2.30. The Morgan fingerprint density at radius 2 is 1.71 bits per heavy atom. The second-order valence-electron chi connectivity index (χ2n) is 3.60. The predicted octanol–water partition coefficient (Wildman–Crippen LogP) is 0.497. The van der Waals surface area contributed by atoms with Crippen molar-refractivity contribution in [2.24, 2.45) is 0 Å². The Labute approximate surface area is 96.8 Å². The molecule has 0 bridgehead atoms. The van der Waals surface area contributed by atoms with Gasteiger partial charge in [-0.3, -0.25) is 0 Å². The summed E-state index contributed by atoms with van der Waals surface area (Å²) in [6.07, 6.45) is -2.64. The fourth-order valence-corrected chi connectivity index (χ4v) is 1.40. The lowest BCUT2D eigenvalue weighted by Crippen LogP contribution is -2.18. The maximum Gasteiger partial charge on any atom is 0.336 e. The number of carbonyl (C=O) groups is 2. The molecule has 1 rings (SSSR count). The van der Waals surface area contributed by atoms with Gasteiger partial charge in [-0.05, 0) is 30.7 Å². The van der Waals surface area contributed by atoms with Crippen molar-refractivity contribution in [2.45, 2.75) is 19.1 Å². The highest BCUT2D eigenvalue weighted by atomic mass is 16.4. The SMILES string of the molecule is CC(O)C(O)c1cc(C(=O)O)ccc1C(=O)O. The Bertz CT molecular complexity index is 451. The Hall–Kier alpha value is -1.92. The highest BCUT2D eigenvalue weighted by Gasteiger charge is 2.22. The molecular formula is C11H12O6. The van der Waals surface area contributed by atoms with Gasteiger partial charge in [0.1, 0.15) is 6.10 Å². The number of aliphatic hydroxyl groups is 2. The zero-order chi connectivity index (χ0) is 13.2. The summed E-state index contributed by atoms with van der Waals surface area (Å²) in [5.74, 6) is -2.53. The summed E-state index contributed by atoms with van der Waals surface area (Å²) in [4.78, 5) is 21.6. The number of carboxylic acids is 2. The summed E-state index contributed by atoms with van der Waals surface area (Å²) < 4.78 is 0. The third kappa shape index (κ3) is 2.80. The van der Waals surface area contributed by atoms with Gasteiger partial charge in [-0.1, -0.05) is 0 Å². The van der Waals surface area contributed by atoms with E-state index in [-0.39, 0.29) is 16.7 Å². The summed E-state index contributed by atoms with van der Waals surface area (Å²) >= 11 is 0. The van der Waals surface area contributed by atoms with Crippen LogP contribution in [0.4, 0.5) is 0 Å². The van der Waals surface area contributed by atoms with Crippen LogP contribution in [0.1, 0.15) is 39.3 Å². The molecule has 1 aromatic rings. The minimum atomic E-state index is -1.44. The molecule has 2 atom stereocenters. The van der Waals surface area contributed by atoms with E-state index in [9.17, 15) is 19.8 Å². The Morgan fingerprint density at radius 1 is 1.12 bits per heavy atom. The molecule has 0 radical (unpaired) electrons. The minimum absolute atomic E-state index is 0.118. The molecule has 17 heavy (non-hydrogen) atoms. The fraction of sp³-hybridized carbons (Fsp3) is 0.273. The van der Waals surface area contributed by atoms with Crippen molar-refractivity contribution >= 4 is 11.9 Å². The van der Waals surface area contributed by atoms with Gasteiger partial charge < -0.3 is 20.4 Å². The molecule has 0 amide bonds. The lowest BCUT2D eigenvalue weighted by Gasteiger charge is -2.16. The molecule has 0 aliphatic carbocycles. The van der Waals surface area contributed by atoms with E-state index in [4.69, 9.17) is 10.2 Å². The van der Waals surface area contributed by atoms with E-state index < -0.39 is 24.1 Å². The van der Waals surface area contributed by atoms with Crippen molar-refractivity contribution in [2.75, 3.05) is 0 Å². The first-order valence-corrected chi connectivity index (χ1v) is 4.81. The number of aliphatic hydroxyl groups excluding tert-OH is 2. The molecule has 92 valence electrons. The molecule has 0 aromatic heterocycles. The van der Waals surface area contributed by atoms with Crippen LogP contribution in [-0.2, 0) is 0 Å². The van der Waals surface area contributed by atoms with Crippen LogP contribution >= 0.6 is 0 Å². The van der Waals surface area contributed by atoms with Crippen molar-refractivity contribution in [1.29, 1.82) is 0 Å². The normalized spacial score (nSPS) is 14.1. The number of rotatable bonds is 4. The van der Waals surface area contributed by atoms with Crippen LogP contribution in [0.15, 0.2) is 18.2 Å². The van der Waals surface area contributed by atoms with Gasteiger partial charge in [-0.15, -0.1) is 0 Å². The predicted molar refractivity (Wildman–Crippen MR) is 57.0 cm³/mol. The molecule has 0 aliphatic heterocycles. The summed E-state index contributed by atoms with van der Waals surface area (Å²) in [6.45, 7) is 1.28. The van der Waals surface area contributed by atoms with Crippen molar-refractivity contribution in [3.05, 3.63) is 34.9 Å². The molecule has 2 unspecified atom stereocenters. The van der Waals surface area contributed by atoms with Gasteiger partial charge in [0.25, 0.3) is 0 Å². The van der Waals surface area contributed by atoms with Crippen molar-refractivity contribution in [1.82, 2.24) is 0 Å². The number of carboxylic acid groups (broad SMARTS) is 2. The van der Waals surface area contributed by atoms with E-state index in [1.54, 1.807) is 0 Å². The van der Waals surface area contributed by atoms with Gasteiger partial charge in [0.15, 0.2) is 0 Å².